The minimum atomic E-state index is -0.380. The third-order valence-corrected chi connectivity index (χ3v) is 3.98. The molecule has 0 spiro atoms. The lowest BCUT2D eigenvalue weighted by atomic mass is 10.0. The highest BCUT2D eigenvalue weighted by molar-refractivity contribution is 6.32. The highest BCUT2D eigenvalue weighted by atomic mass is 35.5. The summed E-state index contributed by atoms with van der Waals surface area (Å²) in [5, 5.41) is 3.66. The molecule has 4 nitrogen and oxygen atoms in total. The molecule has 21 heavy (non-hydrogen) atoms. The molecule has 2 aromatic rings. The molecular formula is C15H16ClFN2O2. The second kappa shape index (κ2) is 6.03. The van der Waals surface area contributed by atoms with E-state index < -0.39 is 0 Å². The zero-order valence-electron chi connectivity index (χ0n) is 11.6. The number of nitrogens with zero attached hydrogens (tertiary/aromatic N) is 1. The summed E-state index contributed by atoms with van der Waals surface area (Å²) in [6, 6.07) is 2.88. The zero-order chi connectivity index (χ0) is 14.8. The van der Waals surface area contributed by atoms with E-state index in [2.05, 4.69) is 10.3 Å². The number of aromatic nitrogens is 1. The Bertz CT molecular complexity index is 612. The zero-order valence-corrected chi connectivity index (χ0v) is 12.4. The number of halogens is 2. The smallest absolute Gasteiger partial charge is 0.235 e. The Hall–Kier alpha value is -1.59. The molecule has 0 amide bonds. The van der Waals surface area contributed by atoms with Crippen molar-refractivity contribution < 1.29 is 13.5 Å². The Balaban J connectivity index is 1.89. The largest absolute Gasteiger partial charge is 0.479 e. The summed E-state index contributed by atoms with van der Waals surface area (Å²) in [4.78, 5) is 4.17. The molecule has 1 fully saturated rings. The molecule has 3 rings (SSSR count). The molecule has 6 heteroatoms. The predicted molar refractivity (Wildman–Crippen MR) is 77.0 cm³/mol. The second-order valence-electron chi connectivity index (χ2n) is 5.19. The van der Waals surface area contributed by atoms with Crippen molar-refractivity contribution in [3.05, 3.63) is 46.9 Å². The van der Waals surface area contributed by atoms with Gasteiger partial charge in [0, 0.05) is 18.5 Å². The fraction of sp³-hybridized carbons (Fsp3) is 0.400. The molecule has 1 unspecified atom stereocenters. The Morgan fingerprint density at radius 2 is 2.38 bits per heavy atom. The third kappa shape index (κ3) is 3.04. The molecule has 1 aliphatic heterocycles. The normalized spacial score (nSPS) is 19.7. The van der Waals surface area contributed by atoms with E-state index in [1.807, 2.05) is 0 Å². The molecular weight excluding hydrogens is 295 g/mol. The number of nitrogens with one attached hydrogen (secondary N) is 1. The van der Waals surface area contributed by atoms with Crippen molar-refractivity contribution in [2.45, 2.75) is 19.4 Å². The molecule has 1 N–H and O–H groups in total. The van der Waals surface area contributed by atoms with Gasteiger partial charge in [-0.15, -0.1) is 0 Å². The quantitative estimate of drug-likeness (QED) is 0.939. The maximum Gasteiger partial charge on any atom is 0.235 e. The van der Waals surface area contributed by atoms with E-state index in [4.69, 9.17) is 20.8 Å². The van der Waals surface area contributed by atoms with E-state index in [9.17, 15) is 4.39 Å². The number of rotatable bonds is 4. The van der Waals surface area contributed by atoms with Crippen LogP contribution in [0.1, 0.15) is 24.0 Å². The van der Waals surface area contributed by atoms with Crippen molar-refractivity contribution in [3.63, 3.8) is 0 Å². The van der Waals surface area contributed by atoms with Crippen LogP contribution in [0.25, 0.3) is 0 Å². The van der Waals surface area contributed by atoms with Crippen LogP contribution >= 0.6 is 11.6 Å². The standard InChI is InChI=1S/C15H16ClFN2O2/c1-9-6-11(16)13(7-12(9)17)21-14(10-2-3-18-8-10)15-19-4-5-20-15/h4-7,10,14,18H,2-3,8H2,1H3/t10-,14?/m0/s1. The summed E-state index contributed by atoms with van der Waals surface area (Å²) < 4.78 is 25.1. The Kier molecular flexibility index (Phi) is 4.12. The van der Waals surface area contributed by atoms with Crippen LogP contribution < -0.4 is 10.1 Å². The Morgan fingerprint density at radius 1 is 1.52 bits per heavy atom. The molecule has 112 valence electrons. The third-order valence-electron chi connectivity index (χ3n) is 3.69. The van der Waals surface area contributed by atoms with Gasteiger partial charge in [0.15, 0.2) is 6.10 Å². The van der Waals surface area contributed by atoms with E-state index in [-0.39, 0.29) is 17.8 Å². The van der Waals surface area contributed by atoms with Gasteiger partial charge in [-0.05, 0) is 31.5 Å². The average molecular weight is 311 g/mol. The number of aryl methyl sites for hydroxylation is 1. The summed E-state index contributed by atoms with van der Waals surface area (Å²) in [5.41, 5.74) is 0.488. The number of oxazole rings is 1. The fourth-order valence-electron chi connectivity index (χ4n) is 2.51. The Morgan fingerprint density at radius 3 is 3.05 bits per heavy atom. The van der Waals surface area contributed by atoms with Gasteiger partial charge < -0.3 is 14.5 Å². The maximum absolute atomic E-state index is 13.7. The molecule has 2 heterocycles. The minimum Gasteiger partial charge on any atom is -0.479 e. The molecule has 1 aromatic heterocycles. The van der Waals surface area contributed by atoms with Crippen LogP contribution in [0.2, 0.25) is 5.02 Å². The summed E-state index contributed by atoms with van der Waals surface area (Å²) in [7, 11) is 0. The van der Waals surface area contributed by atoms with E-state index in [1.165, 1.54) is 12.3 Å². The van der Waals surface area contributed by atoms with Crippen LogP contribution in [-0.4, -0.2) is 18.1 Å². The van der Waals surface area contributed by atoms with Gasteiger partial charge in [-0.25, -0.2) is 9.37 Å². The topological polar surface area (TPSA) is 47.3 Å². The van der Waals surface area contributed by atoms with Gasteiger partial charge in [0.2, 0.25) is 5.89 Å². The van der Waals surface area contributed by atoms with Gasteiger partial charge in [-0.2, -0.15) is 0 Å². The van der Waals surface area contributed by atoms with Crippen LogP contribution in [-0.2, 0) is 0 Å². The van der Waals surface area contributed by atoms with Crippen LogP contribution in [0.3, 0.4) is 0 Å². The molecule has 0 bridgehead atoms. The Labute approximate surface area is 127 Å². The SMILES string of the molecule is Cc1cc(Cl)c(OC(c2ncco2)[C@H]2CCNC2)cc1F. The summed E-state index contributed by atoms with van der Waals surface area (Å²) in [5.74, 6) is 0.671. The lowest BCUT2D eigenvalue weighted by molar-refractivity contribution is 0.114. The fourth-order valence-corrected chi connectivity index (χ4v) is 2.78. The highest BCUT2D eigenvalue weighted by Gasteiger charge is 2.32. The van der Waals surface area contributed by atoms with Gasteiger partial charge in [0.05, 0.1) is 11.2 Å². The number of benzene rings is 1. The van der Waals surface area contributed by atoms with Gasteiger partial charge in [-0.3, -0.25) is 0 Å². The van der Waals surface area contributed by atoms with E-state index in [0.717, 1.165) is 19.5 Å². The van der Waals surface area contributed by atoms with Crippen molar-refractivity contribution in [2.24, 2.45) is 5.92 Å². The predicted octanol–water partition coefficient (Wildman–Crippen LogP) is 3.51. The van der Waals surface area contributed by atoms with Crippen molar-refractivity contribution in [2.75, 3.05) is 13.1 Å². The first-order chi connectivity index (χ1) is 10.1. The lowest BCUT2D eigenvalue weighted by Crippen LogP contribution is -2.22. The molecule has 0 saturated carbocycles. The molecule has 1 saturated heterocycles. The van der Waals surface area contributed by atoms with Gasteiger partial charge >= 0.3 is 0 Å². The molecule has 2 atom stereocenters. The van der Waals surface area contributed by atoms with Crippen LogP contribution in [0.5, 0.6) is 5.75 Å². The van der Waals surface area contributed by atoms with Gasteiger partial charge in [0.1, 0.15) is 17.8 Å². The number of hydrogen-bond acceptors (Lipinski definition) is 4. The van der Waals surface area contributed by atoms with E-state index >= 15 is 0 Å². The lowest BCUT2D eigenvalue weighted by Gasteiger charge is -2.22. The van der Waals surface area contributed by atoms with Crippen LogP contribution in [0, 0.1) is 18.7 Å². The minimum absolute atomic E-state index is 0.212. The van der Waals surface area contributed by atoms with Crippen molar-refractivity contribution in [1.82, 2.24) is 10.3 Å². The number of hydrogen-bond donors (Lipinski definition) is 1. The summed E-state index contributed by atoms with van der Waals surface area (Å²) >= 11 is 6.16. The maximum atomic E-state index is 13.7. The first-order valence-corrected chi connectivity index (χ1v) is 7.25. The van der Waals surface area contributed by atoms with Crippen LogP contribution in [0.4, 0.5) is 4.39 Å². The first-order valence-electron chi connectivity index (χ1n) is 6.87. The van der Waals surface area contributed by atoms with Crippen LogP contribution in [0.15, 0.2) is 29.0 Å². The average Bonchev–Trinajstić information content (AvgIpc) is 3.14. The number of ether oxygens (including phenoxy) is 1. The second-order valence-corrected chi connectivity index (χ2v) is 5.60. The van der Waals surface area contributed by atoms with Crippen molar-refractivity contribution >= 4 is 11.6 Å². The molecule has 0 aliphatic carbocycles. The van der Waals surface area contributed by atoms with E-state index in [0.29, 0.717) is 22.2 Å². The van der Waals surface area contributed by atoms with Crippen molar-refractivity contribution in [1.29, 1.82) is 0 Å². The van der Waals surface area contributed by atoms with Gasteiger partial charge in [-0.1, -0.05) is 11.6 Å². The first kappa shape index (κ1) is 14.4. The van der Waals surface area contributed by atoms with Crippen molar-refractivity contribution in [3.8, 4) is 5.75 Å². The summed E-state index contributed by atoms with van der Waals surface area (Å²) in [6.45, 7) is 3.39. The molecule has 1 aromatic carbocycles. The summed E-state index contributed by atoms with van der Waals surface area (Å²) in [6.07, 6.45) is 3.64. The van der Waals surface area contributed by atoms with E-state index in [1.54, 1.807) is 19.2 Å². The van der Waals surface area contributed by atoms with Gasteiger partial charge in [0.25, 0.3) is 0 Å². The monoisotopic (exact) mass is 310 g/mol. The molecule has 0 radical (unpaired) electrons. The molecule has 1 aliphatic rings. The highest BCUT2D eigenvalue weighted by Crippen LogP contribution is 2.35.